The number of rotatable bonds is 5. The molecule has 9 nitrogen and oxygen atoms in total. The Labute approximate surface area is 181 Å². The average Bonchev–Trinajstić information content (AvgIpc) is 2.99. The summed E-state index contributed by atoms with van der Waals surface area (Å²) in [7, 11) is 1.18. The third kappa shape index (κ3) is 5.72. The van der Waals surface area contributed by atoms with Crippen molar-refractivity contribution < 1.29 is 43.2 Å². The normalized spacial score (nSPS) is 30.5. The first-order valence-electron chi connectivity index (χ1n) is 10.3. The Bertz CT molecular complexity index is 767. The summed E-state index contributed by atoms with van der Waals surface area (Å²) in [6, 6.07) is 0. The van der Waals surface area contributed by atoms with Crippen molar-refractivity contribution in [3.8, 4) is 0 Å². The molecular formula is C22H30O9. The molecule has 1 N–H and O–H groups in total. The van der Waals surface area contributed by atoms with Crippen LogP contribution in [0.1, 0.15) is 40.0 Å². The number of aliphatic hydroxyl groups is 1. The Morgan fingerprint density at radius 1 is 1.29 bits per heavy atom. The van der Waals surface area contributed by atoms with Gasteiger partial charge in [-0.15, -0.1) is 0 Å². The van der Waals surface area contributed by atoms with Crippen molar-refractivity contribution in [3.05, 3.63) is 23.8 Å². The average molecular weight is 438 g/mol. The smallest absolute Gasteiger partial charge is 0.337 e. The van der Waals surface area contributed by atoms with E-state index in [2.05, 4.69) is 6.58 Å². The molecule has 31 heavy (non-hydrogen) atoms. The van der Waals surface area contributed by atoms with Crippen LogP contribution in [0.2, 0.25) is 0 Å². The minimum atomic E-state index is -1.32. The molecule has 0 saturated carbocycles. The van der Waals surface area contributed by atoms with Gasteiger partial charge in [-0.25, -0.2) is 9.59 Å². The molecule has 0 radical (unpaired) electrons. The van der Waals surface area contributed by atoms with Gasteiger partial charge >= 0.3 is 23.9 Å². The number of carbonyl (C=O) groups is 4. The van der Waals surface area contributed by atoms with Gasteiger partial charge in [0, 0.05) is 19.1 Å². The molecule has 5 atom stereocenters. The van der Waals surface area contributed by atoms with Crippen LogP contribution < -0.4 is 0 Å². The lowest BCUT2D eigenvalue weighted by molar-refractivity contribution is -0.173. The molecule has 2 aliphatic rings. The van der Waals surface area contributed by atoms with E-state index in [-0.39, 0.29) is 23.7 Å². The van der Waals surface area contributed by atoms with Crippen LogP contribution in [0.25, 0.3) is 0 Å². The van der Waals surface area contributed by atoms with Crippen LogP contribution in [-0.4, -0.2) is 61.0 Å². The maximum absolute atomic E-state index is 12.6. The van der Waals surface area contributed by atoms with Crippen LogP contribution in [0, 0.1) is 17.8 Å². The van der Waals surface area contributed by atoms with Gasteiger partial charge in [0.05, 0.1) is 24.5 Å². The topological polar surface area (TPSA) is 125 Å². The van der Waals surface area contributed by atoms with Crippen LogP contribution in [0.5, 0.6) is 0 Å². The summed E-state index contributed by atoms with van der Waals surface area (Å²) >= 11 is 0. The molecule has 2 rings (SSSR count). The highest BCUT2D eigenvalue weighted by Gasteiger charge is 2.51. The number of ether oxygens (including phenoxy) is 4. The Hall–Kier alpha value is -2.68. The second-order valence-corrected chi connectivity index (χ2v) is 8.09. The number of hydrogen-bond acceptors (Lipinski definition) is 9. The molecule has 0 amide bonds. The quantitative estimate of drug-likeness (QED) is 0.386. The van der Waals surface area contributed by atoms with Gasteiger partial charge in [0.15, 0.2) is 12.2 Å². The summed E-state index contributed by atoms with van der Waals surface area (Å²) in [4.78, 5) is 49.4. The van der Waals surface area contributed by atoms with Gasteiger partial charge in [0.25, 0.3) is 0 Å². The highest BCUT2D eigenvalue weighted by Crippen LogP contribution is 2.39. The van der Waals surface area contributed by atoms with E-state index < -0.39 is 54.0 Å². The van der Waals surface area contributed by atoms with E-state index in [1.165, 1.54) is 14.0 Å². The number of aliphatic hydroxyl groups excluding tert-OH is 1. The van der Waals surface area contributed by atoms with E-state index in [4.69, 9.17) is 18.9 Å². The van der Waals surface area contributed by atoms with E-state index in [1.54, 1.807) is 19.9 Å². The van der Waals surface area contributed by atoms with Crippen molar-refractivity contribution in [3.63, 3.8) is 0 Å². The molecule has 9 heteroatoms. The lowest BCUT2D eigenvalue weighted by Crippen LogP contribution is -2.47. The van der Waals surface area contributed by atoms with Crippen LogP contribution in [-0.2, 0) is 38.1 Å². The maximum atomic E-state index is 12.6. The zero-order valence-electron chi connectivity index (χ0n) is 18.3. The van der Waals surface area contributed by atoms with Gasteiger partial charge in [0.2, 0.25) is 0 Å². The number of carbonyl (C=O) groups excluding carboxylic acids is 4. The fourth-order valence-electron chi connectivity index (χ4n) is 3.85. The molecule has 1 aliphatic heterocycles. The highest BCUT2D eigenvalue weighted by molar-refractivity contribution is 5.92. The van der Waals surface area contributed by atoms with Gasteiger partial charge in [-0.3, -0.25) is 9.59 Å². The van der Waals surface area contributed by atoms with Crippen molar-refractivity contribution >= 4 is 23.9 Å². The fraction of sp³-hybridized carbons (Fsp3) is 0.636. The number of allylic oxidation sites excluding steroid dienone is 1. The number of methoxy groups -OCH3 is 1. The largest absolute Gasteiger partial charge is 0.466 e. The third-order valence-corrected chi connectivity index (χ3v) is 5.48. The summed E-state index contributed by atoms with van der Waals surface area (Å²) in [5, 5.41) is 9.77. The molecule has 1 fully saturated rings. The molecule has 0 aromatic rings. The molecule has 0 spiro atoms. The fourth-order valence-corrected chi connectivity index (χ4v) is 3.85. The Morgan fingerprint density at radius 2 is 1.97 bits per heavy atom. The molecule has 172 valence electrons. The molecule has 2 unspecified atom stereocenters. The predicted molar refractivity (Wildman–Crippen MR) is 107 cm³/mol. The van der Waals surface area contributed by atoms with E-state index in [0.29, 0.717) is 19.3 Å². The summed E-state index contributed by atoms with van der Waals surface area (Å²) in [6.07, 6.45) is -0.618. The molecule has 1 aliphatic carbocycles. The number of hydrogen-bond donors (Lipinski definition) is 1. The van der Waals surface area contributed by atoms with Crippen LogP contribution >= 0.6 is 0 Å². The van der Waals surface area contributed by atoms with Gasteiger partial charge in [-0.1, -0.05) is 26.5 Å². The van der Waals surface area contributed by atoms with Crippen molar-refractivity contribution in [1.29, 1.82) is 0 Å². The van der Waals surface area contributed by atoms with E-state index >= 15 is 0 Å². The first-order valence-corrected chi connectivity index (χ1v) is 10.3. The van der Waals surface area contributed by atoms with E-state index in [1.807, 2.05) is 0 Å². The maximum Gasteiger partial charge on any atom is 0.337 e. The Kier molecular flexibility index (Phi) is 8.38. The van der Waals surface area contributed by atoms with E-state index in [9.17, 15) is 24.3 Å². The minimum absolute atomic E-state index is 0.0104. The monoisotopic (exact) mass is 438 g/mol. The second-order valence-electron chi connectivity index (χ2n) is 8.09. The van der Waals surface area contributed by atoms with Crippen molar-refractivity contribution in [2.24, 2.45) is 17.8 Å². The van der Waals surface area contributed by atoms with Crippen LogP contribution in [0.3, 0.4) is 0 Å². The summed E-state index contributed by atoms with van der Waals surface area (Å²) < 4.78 is 21.5. The predicted octanol–water partition coefficient (Wildman–Crippen LogP) is 1.48. The first-order chi connectivity index (χ1) is 14.6. The summed E-state index contributed by atoms with van der Waals surface area (Å²) in [5.74, 6) is -4.36. The standard InChI is InChI=1S/C22H30O9/c1-11(2)20(25)31-19-17-12(3)21(26)30-16(17)9-14(10-23)7-6-8-15(22(27)28-5)18(19)29-13(4)24/h8,11,14,16-19,23H,3,6-7,9-10H2,1-2,4-5H3/b15-8+/t14?,16-,17+,18?,19+/m1/s1. The van der Waals surface area contributed by atoms with Crippen LogP contribution in [0.15, 0.2) is 23.8 Å². The molecule has 0 aromatic carbocycles. The SMILES string of the molecule is C=C1C(=O)O[C@@H]2CC(CO)CC/C=C(/C(=O)OC)C(OC(C)=O)[C@@H](OC(=O)C(C)C)[C@@H]12. The van der Waals surface area contributed by atoms with E-state index in [0.717, 1.165) is 0 Å². The zero-order valence-corrected chi connectivity index (χ0v) is 18.3. The molecule has 0 aromatic heterocycles. The molecule has 0 bridgehead atoms. The Morgan fingerprint density at radius 3 is 2.52 bits per heavy atom. The summed E-state index contributed by atoms with van der Waals surface area (Å²) in [5.41, 5.74) is 0.0360. The third-order valence-electron chi connectivity index (χ3n) is 5.48. The lowest BCUT2D eigenvalue weighted by Gasteiger charge is -2.35. The Balaban J connectivity index is 2.66. The summed E-state index contributed by atoms with van der Waals surface area (Å²) in [6.45, 7) is 8.07. The van der Waals surface area contributed by atoms with Gasteiger partial charge in [-0.05, 0) is 25.2 Å². The van der Waals surface area contributed by atoms with Crippen molar-refractivity contribution in [2.75, 3.05) is 13.7 Å². The number of esters is 4. The number of fused-ring (bicyclic) bond motifs is 1. The van der Waals surface area contributed by atoms with Gasteiger partial charge < -0.3 is 24.1 Å². The highest BCUT2D eigenvalue weighted by atomic mass is 16.6. The minimum Gasteiger partial charge on any atom is -0.466 e. The lowest BCUT2D eigenvalue weighted by atomic mass is 9.80. The van der Waals surface area contributed by atoms with Gasteiger partial charge in [-0.2, -0.15) is 0 Å². The second kappa shape index (κ2) is 10.6. The first kappa shape index (κ1) is 24.6. The molecule has 1 heterocycles. The molecule has 1 saturated heterocycles. The molecular weight excluding hydrogens is 408 g/mol. The van der Waals surface area contributed by atoms with Crippen molar-refractivity contribution in [1.82, 2.24) is 0 Å². The van der Waals surface area contributed by atoms with Crippen molar-refractivity contribution in [2.45, 2.75) is 58.3 Å². The van der Waals surface area contributed by atoms with Gasteiger partial charge in [0.1, 0.15) is 6.10 Å². The van der Waals surface area contributed by atoms with Crippen LogP contribution in [0.4, 0.5) is 0 Å². The zero-order chi connectivity index (χ0) is 23.3.